The van der Waals surface area contributed by atoms with Gasteiger partial charge in [0.15, 0.2) is 9.84 Å². The lowest BCUT2D eigenvalue weighted by Gasteiger charge is -2.32. The van der Waals surface area contributed by atoms with E-state index in [0.717, 1.165) is 21.2 Å². The number of fused-ring (bicyclic) bond motifs is 1. The van der Waals surface area contributed by atoms with Crippen LogP contribution in [-0.4, -0.2) is 42.5 Å². The van der Waals surface area contributed by atoms with Gasteiger partial charge in [0.25, 0.3) is 0 Å². The molecule has 1 saturated heterocycles. The van der Waals surface area contributed by atoms with Gasteiger partial charge in [-0.15, -0.1) is 0 Å². The SMILES string of the molecule is CC1CN(c2ccnc3cc(Br)cnc23)CCS1(=O)=O. The molecule has 1 atom stereocenters. The van der Waals surface area contributed by atoms with E-state index in [0.29, 0.717) is 13.1 Å². The highest BCUT2D eigenvalue weighted by Gasteiger charge is 2.30. The molecule has 2 aromatic rings. The second kappa shape index (κ2) is 4.96. The van der Waals surface area contributed by atoms with E-state index in [9.17, 15) is 8.42 Å². The third-order valence-electron chi connectivity index (χ3n) is 3.60. The lowest BCUT2D eigenvalue weighted by atomic mass is 10.2. The molecule has 106 valence electrons. The quantitative estimate of drug-likeness (QED) is 0.782. The van der Waals surface area contributed by atoms with E-state index >= 15 is 0 Å². The van der Waals surface area contributed by atoms with Gasteiger partial charge in [-0.1, -0.05) is 0 Å². The predicted octanol–water partition coefficient (Wildman–Crippen LogP) is 2.02. The van der Waals surface area contributed by atoms with Gasteiger partial charge < -0.3 is 4.90 Å². The highest BCUT2D eigenvalue weighted by atomic mass is 79.9. The molecule has 0 aromatic carbocycles. The van der Waals surface area contributed by atoms with Crippen LogP contribution >= 0.6 is 15.9 Å². The first-order valence-electron chi connectivity index (χ1n) is 6.34. The summed E-state index contributed by atoms with van der Waals surface area (Å²) in [5.41, 5.74) is 2.56. The fraction of sp³-hybridized carbons (Fsp3) is 0.385. The van der Waals surface area contributed by atoms with Gasteiger partial charge >= 0.3 is 0 Å². The summed E-state index contributed by atoms with van der Waals surface area (Å²) in [7, 11) is -2.95. The van der Waals surface area contributed by atoms with Crippen molar-refractivity contribution in [2.24, 2.45) is 0 Å². The molecule has 20 heavy (non-hydrogen) atoms. The van der Waals surface area contributed by atoms with Crippen LogP contribution in [0.25, 0.3) is 11.0 Å². The van der Waals surface area contributed by atoms with Gasteiger partial charge in [-0.25, -0.2) is 8.42 Å². The van der Waals surface area contributed by atoms with Gasteiger partial charge in [-0.3, -0.25) is 9.97 Å². The molecule has 5 nitrogen and oxygen atoms in total. The van der Waals surface area contributed by atoms with E-state index < -0.39 is 9.84 Å². The highest BCUT2D eigenvalue weighted by Crippen LogP contribution is 2.27. The molecule has 0 radical (unpaired) electrons. The maximum absolute atomic E-state index is 11.8. The Kier molecular flexibility index (Phi) is 3.41. The first-order chi connectivity index (χ1) is 9.47. The van der Waals surface area contributed by atoms with E-state index in [1.54, 1.807) is 19.3 Å². The van der Waals surface area contributed by atoms with Crippen LogP contribution in [-0.2, 0) is 9.84 Å². The number of pyridine rings is 2. The number of sulfone groups is 1. The van der Waals surface area contributed by atoms with Crippen LogP contribution in [0.4, 0.5) is 5.69 Å². The first-order valence-corrected chi connectivity index (χ1v) is 8.85. The van der Waals surface area contributed by atoms with Crippen molar-refractivity contribution in [1.82, 2.24) is 9.97 Å². The summed E-state index contributed by atoms with van der Waals surface area (Å²) in [6.07, 6.45) is 3.47. The third-order valence-corrected chi connectivity index (χ3v) is 6.16. The normalized spacial score (nSPS) is 22.1. The van der Waals surface area contributed by atoms with Crippen LogP contribution in [0, 0.1) is 0 Å². The van der Waals surface area contributed by atoms with Gasteiger partial charge in [0.1, 0.15) is 5.52 Å². The molecule has 1 aliphatic heterocycles. The molecule has 1 fully saturated rings. The topological polar surface area (TPSA) is 63.2 Å². The van der Waals surface area contributed by atoms with E-state index in [1.807, 2.05) is 12.1 Å². The number of halogens is 1. The van der Waals surface area contributed by atoms with Crippen molar-refractivity contribution in [3.63, 3.8) is 0 Å². The van der Waals surface area contributed by atoms with Crippen LogP contribution in [0.2, 0.25) is 0 Å². The van der Waals surface area contributed by atoms with Gasteiger partial charge in [-0.05, 0) is 35.0 Å². The zero-order valence-corrected chi connectivity index (χ0v) is 13.4. The number of anilines is 1. The molecule has 2 aromatic heterocycles. The maximum atomic E-state index is 11.8. The molecule has 0 N–H and O–H groups in total. The van der Waals surface area contributed by atoms with Crippen molar-refractivity contribution in [3.8, 4) is 0 Å². The van der Waals surface area contributed by atoms with Crippen molar-refractivity contribution in [1.29, 1.82) is 0 Å². The minimum atomic E-state index is -2.95. The molecular formula is C13H14BrN3O2S. The van der Waals surface area contributed by atoms with E-state index in [4.69, 9.17) is 0 Å². The molecule has 0 aliphatic carbocycles. The molecule has 7 heteroatoms. The van der Waals surface area contributed by atoms with Gasteiger partial charge in [0.05, 0.1) is 22.2 Å². The fourth-order valence-electron chi connectivity index (χ4n) is 2.42. The minimum Gasteiger partial charge on any atom is -0.367 e. The first kappa shape index (κ1) is 13.8. The average Bonchev–Trinajstić information content (AvgIpc) is 2.41. The zero-order chi connectivity index (χ0) is 14.3. The summed E-state index contributed by atoms with van der Waals surface area (Å²) >= 11 is 3.38. The molecule has 0 amide bonds. The van der Waals surface area contributed by atoms with Crippen molar-refractivity contribution in [2.75, 3.05) is 23.7 Å². The highest BCUT2D eigenvalue weighted by molar-refractivity contribution is 9.10. The molecule has 0 saturated carbocycles. The number of rotatable bonds is 1. The lowest BCUT2D eigenvalue weighted by Crippen LogP contribution is -2.45. The minimum absolute atomic E-state index is 0.189. The molecule has 3 heterocycles. The van der Waals surface area contributed by atoms with Crippen molar-refractivity contribution >= 4 is 42.5 Å². The molecule has 0 spiro atoms. The average molecular weight is 356 g/mol. The van der Waals surface area contributed by atoms with Crippen molar-refractivity contribution in [2.45, 2.75) is 12.2 Å². The van der Waals surface area contributed by atoms with Gasteiger partial charge in [0.2, 0.25) is 0 Å². The molecule has 3 rings (SSSR count). The number of nitrogens with zero attached hydrogens (tertiary/aromatic N) is 3. The second-order valence-electron chi connectivity index (χ2n) is 4.97. The Bertz CT molecular complexity index is 763. The summed E-state index contributed by atoms with van der Waals surface area (Å²) in [5, 5.41) is -0.352. The summed E-state index contributed by atoms with van der Waals surface area (Å²) in [4.78, 5) is 10.8. The molecule has 1 unspecified atom stereocenters. The summed E-state index contributed by atoms with van der Waals surface area (Å²) < 4.78 is 24.5. The van der Waals surface area contributed by atoms with E-state index in [-0.39, 0.29) is 11.0 Å². The second-order valence-corrected chi connectivity index (χ2v) is 8.43. The van der Waals surface area contributed by atoms with E-state index in [2.05, 4.69) is 30.8 Å². The van der Waals surface area contributed by atoms with Crippen LogP contribution in [0.1, 0.15) is 6.92 Å². The van der Waals surface area contributed by atoms with Crippen LogP contribution in [0.15, 0.2) is 29.0 Å². The van der Waals surface area contributed by atoms with E-state index in [1.165, 1.54) is 0 Å². The Morgan fingerprint density at radius 3 is 2.95 bits per heavy atom. The maximum Gasteiger partial charge on any atom is 0.156 e. The number of hydrogen-bond acceptors (Lipinski definition) is 5. The summed E-state index contributed by atoms with van der Waals surface area (Å²) in [5.74, 6) is 0.189. The van der Waals surface area contributed by atoms with Gasteiger partial charge in [-0.2, -0.15) is 0 Å². The van der Waals surface area contributed by atoms with Gasteiger partial charge in [0, 0.05) is 30.0 Å². The predicted molar refractivity (Wildman–Crippen MR) is 82.7 cm³/mol. The monoisotopic (exact) mass is 355 g/mol. The Morgan fingerprint density at radius 1 is 1.40 bits per heavy atom. The third kappa shape index (κ3) is 2.40. The fourth-order valence-corrected chi connectivity index (χ4v) is 4.02. The zero-order valence-electron chi connectivity index (χ0n) is 11.0. The Hall–Kier alpha value is -1.21. The van der Waals surface area contributed by atoms with Crippen LogP contribution in [0.5, 0.6) is 0 Å². The largest absolute Gasteiger partial charge is 0.367 e. The van der Waals surface area contributed by atoms with Crippen molar-refractivity contribution < 1.29 is 8.42 Å². The summed E-state index contributed by atoms with van der Waals surface area (Å²) in [6.45, 7) is 2.76. The van der Waals surface area contributed by atoms with Crippen LogP contribution < -0.4 is 4.90 Å². The molecule has 0 bridgehead atoms. The van der Waals surface area contributed by atoms with Crippen LogP contribution in [0.3, 0.4) is 0 Å². The molecular weight excluding hydrogens is 342 g/mol. The Labute approximate surface area is 126 Å². The number of aromatic nitrogens is 2. The molecule has 1 aliphatic rings. The standard InChI is InChI=1S/C13H14BrN3O2S/c1-9-8-17(4-5-20(9,18)19)12-2-3-15-11-6-10(14)7-16-13(11)12/h2-3,6-7,9H,4-5,8H2,1H3. The lowest BCUT2D eigenvalue weighted by molar-refractivity contribution is 0.569. The number of hydrogen-bond donors (Lipinski definition) is 0. The Morgan fingerprint density at radius 2 is 2.20 bits per heavy atom. The van der Waals surface area contributed by atoms with Crippen molar-refractivity contribution in [3.05, 3.63) is 29.0 Å². The smallest absolute Gasteiger partial charge is 0.156 e. The Balaban J connectivity index is 2.03. The summed E-state index contributed by atoms with van der Waals surface area (Å²) in [6, 6.07) is 3.81.